The molecule has 0 saturated carbocycles. The summed E-state index contributed by atoms with van der Waals surface area (Å²) in [6.45, 7) is 0. The first-order chi connectivity index (χ1) is 5.25. The number of carbonyl (C=O) groups is 1. The van der Waals surface area contributed by atoms with Crippen LogP contribution in [0.3, 0.4) is 0 Å². The molecule has 0 fully saturated rings. The number of rotatable bonds is 2. The Kier molecular flexibility index (Phi) is 5.90. The summed E-state index contributed by atoms with van der Waals surface area (Å²) in [6.07, 6.45) is 0. The predicted molar refractivity (Wildman–Crippen MR) is 44.2 cm³/mol. The van der Waals surface area contributed by atoms with Crippen molar-refractivity contribution in [2.24, 2.45) is 0 Å². The molecule has 1 rings (SSSR count). The van der Waals surface area contributed by atoms with Gasteiger partial charge in [-0.2, -0.15) is 0 Å². The minimum absolute atomic E-state index is 0. The number of carboxylic acid groups (broad SMARTS) is 1. The van der Waals surface area contributed by atoms with Crippen LogP contribution in [0.25, 0.3) is 0 Å². The van der Waals surface area contributed by atoms with Crippen LogP contribution in [0.5, 0.6) is 0 Å². The molecular weight excluding hydrogens is 282 g/mol. The Labute approximate surface area is 102 Å². The normalized spacial score (nSPS) is 8.67. The first-order valence-corrected chi connectivity index (χ1v) is 4.79. The molecule has 0 heterocycles. The van der Waals surface area contributed by atoms with E-state index in [2.05, 4.69) is 0 Å². The number of benzene rings is 1. The van der Waals surface area contributed by atoms with Gasteiger partial charge in [-0.3, -0.25) is 3.07 Å². The first-order valence-electron chi connectivity index (χ1n) is 2.83. The van der Waals surface area contributed by atoms with E-state index in [9.17, 15) is 13.0 Å². The maximum Gasteiger partial charge on any atom is 1.00 e. The Bertz CT molecular complexity index is 300. The molecule has 3 nitrogen and oxygen atoms in total. The number of hydrogen-bond donors (Lipinski definition) is 0. The molecule has 0 spiro atoms. The fourth-order valence-corrected chi connectivity index (χ4v) is 1.69. The molecule has 0 aliphatic rings. The van der Waals surface area contributed by atoms with Crippen molar-refractivity contribution in [2.45, 2.75) is 0 Å². The Balaban J connectivity index is 0.00000121. The molecule has 0 aliphatic heterocycles. The Morgan fingerprint density at radius 3 is 2.33 bits per heavy atom. The fraction of sp³-hybridized carbons (Fsp3) is 0. The smallest absolute Gasteiger partial charge is 0.545 e. The van der Waals surface area contributed by atoms with Crippen LogP contribution in [0, 0.1) is 3.57 Å². The van der Waals surface area contributed by atoms with Crippen molar-refractivity contribution >= 4 is 27.2 Å². The summed E-state index contributed by atoms with van der Waals surface area (Å²) in [7, 11) is 0. The summed E-state index contributed by atoms with van der Waals surface area (Å²) in [5.74, 6) is -1.27. The summed E-state index contributed by atoms with van der Waals surface area (Å²) in [6, 6.07) is 6.15. The van der Waals surface area contributed by atoms with E-state index in [1.807, 2.05) is 0 Å². The SMILES string of the molecule is O=Ic1ccccc1C(=O)[O-].[Na+]. The average Bonchev–Trinajstić information content (AvgIpc) is 2.04. The van der Waals surface area contributed by atoms with Gasteiger partial charge in [-0.1, -0.05) is 18.2 Å². The molecule has 0 unspecified atom stereocenters. The van der Waals surface area contributed by atoms with Crippen LogP contribution in [-0.2, 0) is 3.07 Å². The second-order valence-corrected chi connectivity index (χ2v) is 3.45. The quantitative estimate of drug-likeness (QED) is 0.447. The first kappa shape index (κ1) is 12.2. The Morgan fingerprint density at radius 1 is 1.33 bits per heavy atom. The molecule has 0 bridgehead atoms. The van der Waals surface area contributed by atoms with E-state index in [0.29, 0.717) is 3.57 Å². The number of aromatic carboxylic acids is 1. The third kappa shape index (κ3) is 2.93. The molecule has 0 atom stereocenters. The van der Waals surface area contributed by atoms with Crippen LogP contribution in [-0.4, -0.2) is 5.97 Å². The van der Waals surface area contributed by atoms with E-state index >= 15 is 0 Å². The van der Waals surface area contributed by atoms with Crippen LogP contribution in [0.4, 0.5) is 0 Å². The van der Waals surface area contributed by atoms with E-state index in [1.165, 1.54) is 12.1 Å². The topological polar surface area (TPSA) is 57.2 Å². The standard InChI is InChI=1S/C7H5IO3.Na/c9-7(10)5-3-1-2-4-6(5)8-11;/h1-4H,(H,9,10);/q;+1/p-1. The number of carbonyl (C=O) groups excluding carboxylic acids is 1. The van der Waals surface area contributed by atoms with Gasteiger partial charge in [-0.05, 0) is 6.07 Å². The van der Waals surface area contributed by atoms with Crippen molar-refractivity contribution in [3.63, 3.8) is 0 Å². The zero-order valence-corrected chi connectivity index (χ0v) is 10.6. The molecule has 1 aromatic carbocycles. The summed E-state index contributed by atoms with van der Waals surface area (Å²) in [4.78, 5) is 10.3. The molecule has 0 aromatic heterocycles. The van der Waals surface area contributed by atoms with E-state index in [1.54, 1.807) is 12.1 Å². The van der Waals surface area contributed by atoms with Gasteiger partial charge >= 0.3 is 29.6 Å². The molecular formula is C7H4INaO3. The number of halogens is 1. The van der Waals surface area contributed by atoms with Gasteiger partial charge in [-0.15, -0.1) is 0 Å². The van der Waals surface area contributed by atoms with Gasteiger partial charge in [-0.25, -0.2) is 0 Å². The maximum atomic E-state index is 10.5. The summed E-state index contributed by atoms with van der Waals surface area (Å²) in [5.41, 5.74) is 0.0373. The molecule has 0 saturated heterocycles. The van der Waals surface area contributed by atoms with Crippen molar-refractivity contribution in [1.29, 1.82) is 0 Å². The van der Waals surface area contributed by atoms with Crippen LogP contribution in [0.1, 0.15) is 10.4 Å². The molecule has 58 valence electrons. The fourth-order valence-electron chi connectivity index (χ4n) is 0.694. The maximum absolute atomic E-state index is 10.5. The number of carboxylic acids is 1. The van der Waals surface area contributed by atoms with Gasteiger partial charge in [0.05, 0.1) is 9.54 Å². The Morgan fingerprint density at radius 2 is 1.92 bits per heavy atom. The average molecular weight is 286 g/mol. The second kappa shape index (κ2) is 5.80. The largest absolute Gasteiger partial charge is 1.00 e. The van der Waals surface area contributed by atoms with Crippen molar-refractivity contribution in [3.8, 4) is 0 Å². The summed E-state index contributed by atoms with van der Waals surface area (Å²) in [5, 5.41) is 10.3. The van der Waals surface area contributed by atoms with Crippen molar-refractivity contribution < 1.29 is 42.5 Å². The van der Waals surface area contributed by atoms with E-state index in [4.69, 9.17) is 0 Å². The minimum Gasteiger partial charge on any atom is -0.545 e. The number of hydrogen-bond acceptors (Lipinski definition) is 3. The summed E-state index contributed by atoms with van der Waals surface area (Å²) >= 11 is -1.42. The minimum atomic E-state index is -1.42. The van der Waals surface area contributed by atoms with Crippen LogP contribution in [0.15, 0.2) is 24.3 Å². The van der Waals surface area contributed by atoms with Gasteiger partial charge in [0.15, 0.2) is 21.2 Å². The second-order valence-electron chi connectivity index (χ2n) is 1.84. The van der Waals surface area contributed by atoms with E-state index < -0.39 is 27.2 Å². The molecule has 0 amide bonds. The van der Waals surface area contributed by atoms with Gasteiger partial charge in [0.2, 0.25) is 0 Å². The Hall–Kier alpha value is 0.220. The van der Waals surface area contributed by atoms with Gasteiger partial charge < -0.3 is 9.90 Å². The molecule has 12 heavy (non-hydrogen) atoms. The van der Waals surface area contributed by atoms with Crippen LogP contribution in [0.2, 0.25) is 0 Å². The van der Waals surface area contributed by atoms with Crippen molar-refractivity contribution in [3.05, 3.63) is 33.4 Å². The molecule has 1 aromatic rings. The predicted octanol–water partition coefficient (Wildman–Crippen LogP) is -2.46. The molecule has 5 heteroatoms. The van der Waals surface area contributed by atoms with E-state index in [0.717, 1.165) is 0 Å². The van der Waals surface area contributed by atoms with Gasteiger partial charge in [0.1, 0.15) is 0 Å². The zero-order valence-electron chi connectivity index (χ0n) is 6.41. The molecule has 0 N–H and O–H groups in total. The van der Waals surface area contributed by atoms with Crippen LogP contribution < -0.4 is 34.7 Å². The monoisotopic (exact) mass is 286 g/mol. The van der Waals surface area contributed by atoms with Gasteiger partial charge in [0, 0.05) is 5.56 Å². The van der Waals surface area contributed by atoms with Gasteiger partial charge in [0.25, 0.3) is 0 Å². The zero-order chi connectivity index (χ0) is 8.27. The van der Waals surface area contributed by atoms with Crippen LogP contribution >= 0.6 is 21.2 Å². The molecule has 0 radical (unpaired) electrons. The molecule has 0 aliphatic carbocycles. The third-order valence-electron chi connectivity index (χ3n) is 1.18. The van der Waals surface area contributed by atoms with Crippen molar-refractivity contribution in [1.82, 2.24) is 0 Å². The van der Waals surface area contributed by atoms with Crippen molar-refractivity contribution in [2.75, 3.05) is 0 Å². The van der Waals surface area contributed by atoms with E-state index in [-0.39, 0.29) is 35.1 Å². The summed E-state index contributed by atoms with van der Waals surface area (Å²) < 4.78 is 10.9. The third-order valence-corrected chi connectivity index (χ3v) is 2.59.